The molecule has 0 fully saturated rings. The standard InChI is InChI=1S/C8H4BrNOS/c9-7-4-12-8-6(7)1-5(3-11)2-10-8/h1-4H. The predicted molar refractivity (Wildman–Crippen MR) is 52.7 cm³/mol. The highest BCUT2D eigenvalue weighted by molar-refractivity contribution is 9.10. The van der Waals surface area contributed by atoms with Crippen LogP contribution in [0.5, 0.6) is 0 Å². The van der Waals surface area contributed by atoms with Crippen LogP contribution in [0.25, 0.3) is 10.2 Å². The highest BCUT2D eigenvalue weighted by atomic mass is 79.9. The number of halogens is 1. The van der Waals surface area contributed by atoms with Gasteiger partial charge >= 0.3 is 0 Å². The van der Waals surface area contributed by atoms with E-state index in [1.165, 1.54) is 0 Å². The molecule has 0 N–H and O–H groups in total. The average molecular weight is 242 g/mol. The molecule has 2 heterocycles. The molecular weight excluding hydrogens is 238 g/mol. The van der Waals surface area contributed by atoms with Gasteiger partial charge in [0.05, 0.1) is 0 Å². The van der Waals surface area contributed by atoms with Gasteiger partial charge in [-0.2, -0.15) is 0 Å². The molecule has 0 unspecified atom stereocenters. The summed E-state index contributed by atoms with van der Waals surface area (Å²) in [4.78, 5) is 15.5. The number of nitrogens with zero attached hydrogens (tertiary/aromatic N) is 1. The Balaban J connectivity index is 2.79. The van der Waals surface area contributed by atoms with Gasteiger partial charge in [-0.1, -0.05) is 0 Å². The first-order valence-corrected chi connectivity index (χ1v) is 4.96. The zero-order valence-corrected chi connectivity index (χ0v) is 8.35. The minimum Gasteiger partial charge on any atom is -0.298 e. The van der Waals surface area contributed by atoms with E-state index in [-0.39, 0.29) is 0 Å². The second kappa shape index (κ2) is 2.95. The summed E-state index contributed by atoms with van der Waals surface area (Å²) in [7, 11) is 0. The molecule has 2 aromatic rings. The van der Waals surface area contributed by atoms with Crippen LogP contribution in [0.1, 0.15) is 10.4 Å². The van der Waals surface area contributed by atoms with Gasteiger partial charge in [0.1, 0.15) is 4.83 Å². The molecule has 4 heteroatoms. The first kappa shape index (κ1) is 7.89. The van der Waals surface area contributed by atoms with Gasteiger partial charge in [-0.3, -0.25) is 4.79 Å². The van der Waals surface area contributed by atoms with Crippen molar-refractivity contribution in [2.75, 3.05) is 0 Å². The maximum Gasteiger partial charge on any atom is 0.151 e. The van der Waals surface area contributed by atoms with Crippen molar-refractivity contribution < 1.29 is 4.79 Å². The van der Waals surface area contributed by atoms with Gasteiger partial charge in [-0.05, 0) is 22.0 Å². The van der Waals surface area contributed by atoms with E-state index in [0.717, 1.165) is 21.0 Å². The third kappa shape index (κ3) is 1.17. The summed E-state index contributed by atoms with van der Waals surface area (Å²) in [6.07, 6.45) is 2.38. The molecule has 2 nitrogen and oxygen atoms in total. The Labute approximate surface area is 81.4 Å². The van der Waals surface area contributed by atoms with Crippen LogP contribution in [0.2, 0.25) is 0 Å². The smallest absolute Gasteiger partial charge is 0.151 e. The van der Waals surface area contributed by atoms with E-state index in [4.69, 9.17) is 0 Å². The summed E-state index contributed by atoms with van der Waals surface area (Å²) in [5, 5.41) is 2.97. The van der Waals surface area contributed by atoms with Crippen LogP contribution in [0.15, 0.2) is 22.1 Å². The Kier molecular flexibility index (Phi) is 1.94. The number of fused-ring (bicyclic) bond motifs is 1. The molecule has 0 saturated heterocycles. The number of rotatable bonds is 1. The monoisotopic (exact) mass is 241 g/mol. The Morgan fingerprint density at radius 3 is 3.17 bits per heavy atom. The largest absolute Gasteiger partial charge is 0.298 e. The second-order valence-corrected chi connectivity index (χ2v) is 4.04. The summed E-state index contributed by atoms with van der Waals surface area (Å²) in [6, 6.07) is 1.83. The number of aromatic nitrogens is 1. The lowest BCUT2D eigenvalue weighted by Gasteiger charge is -1.90. The van der Waals surface area contributed by atoms with Crippen LogP contribution in [-0.2, 0) is 0 Å². The van der Waals surface area contributed by atoms with Crippen molar-refractivity contribution in [3.63, 3.8) is 0 Å². The Morgan fingerprint density at radius 2 is 2.42 bits per heavy atom. The Hall–Kier alpha value is -0.740. The number of pyridine rings is 1. The van der Waals surface area contributed by atoms with Crippen LogP contribution >= 0.6 is 27.3 Å². The number of carbonyl (C=O) groups excluding carboxylic acids is 1. The van der Waals surface area contributed by atoms with Crippen molar-refractivity contribution in [1.29, 1.82) is 0 Å². The normalized spacial score (nSPS) is 10.4. The zero-order chi connectivity index (χ0) is 8.55. The summed E-state index contributed by atoms with van der Waals surface area (Å²) >= 11 is 4.94. The third-order valence-corrected chi connectivity index (χ3v) is 3.40. The van der Waals surface area contributed by atoms with Crippen LogP contribution in [0.4, 0.5) is 0 Å². The number of hydrogen-bond acceptors (Lipinski definition) is 3. The average Bonchev–Trinajstić information content (AvgIpc) is 2.47. The van der Waals surface area contributed by atoms with Crippen molar-refractivity contribution in [2.24, 2.45) is 0 Å². The molecule has 60 valence electrons. The van der Waals surface area contributed by atoms with E-state index < -0.39 is 0 Å². The first-order chi connectivity index (χ1) is 5.81. The molecule has 0 bridgehead atoms. The van der Waals surface area contributed by atoms with Crippen LogP contribution < -0.4 is 0 Å². The summed E-state index contributed by atoms with van der Waals surface area (Å²) in [6.45, 7) is 0. The minimum atomic E-state index is 0.613. The van der Waals surface area contributed by atoms with Crippen LogP contribution in [0.3, 0.4) is 0 Å². The maximum atomic E-state index is 10.4. The lowest BCUT2D eigenvalue weighted by atomic mass is 10.2. The molecule has 0 aliphatic carbocycles. The summed E-state index contributed by atoms with van der Waals surface area (Å²) in [5.74, 6) is 0. The van der Waals surface area contributed by atoms with Crippen LogP contribution in [-0.4, -0.2) is 11.3 Å². The Morgan fingerprint density at radius 1 is 1.58 bits per heavy atom. The fourth-order valence-corrected chi connectivity index (χ4v) is 2.43. The van der Waals surface area contributed by atoms with Gasteiger partial charge in [-0.25, -0.2) is 4.98 Å². The topological polar surface area (TPSA) is 30.0 Å². The van der Waals surface area contributed by atoms with Gasteiger partial charge < -0.3 is 0 Å². The molecule has 12 heavy (non-hydrogen) atoms. The highest BCUT2D eigenvalue weighted by Gasteiger charge is 2.02. The molecule has 2 rings (SSSR count). The highest BCUT2D eigenvalue weighted by Crippen LogP contribution is 2.28. The number of carbonyl (C=O) groups is 1. The lowest BCUT2D eigenvalue weighted by Crippen LogP contribution is -1.80. The predicted octanol–water partition coefficient (Wildman–Crippen LogP) is 2.87. The van der Waals surface area contributed by atoms with E-state index in [9.17, 15) is 4.79 Å². The van der Waals surface area contributed by atoms with Gasteiger partial charge in [0.2, 0.25) is 0 Å². The fourth-order valence-electron chi connectivity index (χ4n) is 0.969. The van der Waals surface area contributed by atoms with Gasteiger partial charge in [0.15, 0.2) is 6.29 Å². The van der Waals surface area contributed by atoms with Crippen molar-refractivity contribution in [3.8, 4) is 0 Å². The maximum absolute atomic E-state index is 10.4. The van der Waals surface area contributed by atoms with E-state index in [1.807, 2.05) is 11.4 Å². The molecule has 2 aromatic heterocycles. The van der Waals surface area contributed by atoms with E-state index in [0.29, 0.717) is 5.56 Å². The molecule has 0 aliphatic heterocycles. The second-order valence-electron chi connectivity index (χ2n) is 2.32. The van der Waals surface area contributed by atoms with Gasteiger partial charge in [0.25, 0.3) is 0 Å². The number of thiophene rings is 1. The molecular formula is C8H4BrNOS. The number of hydrogen-bond donors (Lipinski definition) is 0. The molecule has 0 radical (unpaired) electrons. The fraction of sp³-hybridized carbons (Fsp3) is 0. The van der Waals surface area contributed by atoms with Crippen LogP contribution in [0, 0.1) is 0 Å². The van der Waals surface area contributed by atoms with E-state index in [2.05, 4.69) is 20.9 Å². The van der Waals surface area contributed by atoms with E-state index >= 15 is 0 Å². The summed E-state index contributed by atoms with van der Waals surface area (Å²) in [5.41, 5.74) is 0.613. The molecule has 0 saturated carbocycles. The SMILES string of the molecule is O=Cc1cnc2scc(Br)c2c1. The van der Waals surface area contributed by atoms with Crippen molar-refractivity contribution >= 4 is 43.8 Å². The van der Waals surface area contributed by atoms with Gasteiger partial charge in [0, 0.05) is 27.0 Å². The van der Waals surface area contributed by atoms with Crippen molar-refractivity contribution in [3.05, 3.63) is 27.7 Å². The lowest BCUT2D eigenvalue weighted by molar-refractivity contribution is 0.112. The quantitative estimate of drug-likeness (QED) is 0.719. The van der Waals surface area contributed by atoms with Crippen molar-refractivity contribution in [1.82, 2.24) is 4.98 Å². The molecule has 0 aromatic carbocycles. The summed E-state index contributed by atoms with van der Waals surface area (Å²) < 4.78 is 0.999. The minimum absolute atomic E-state index is 0.613. The first-order valence-electron chi connectivity index (χ1n) is 3.29. The zero-order valence-electron chi connectivity index (χ0n) is 5.95. The van der Waals surface area contributed by atoms with Gasteiger partial charge in [-0.15, -0.1) is 11.3 Å². The van der Waals surface area contributed by atoms with Crippen molar-refractivity contribution in [2.45, 2.75) is 0 Å². The number of aldehydes is 1. The molecule has 0 amide bonds. The Bertz CT molecular complexity index is 438. The molecule has 0 aliphatic rings. The molecule has 0 atom stereocenters. The van der Waals surface area contributed by atoms with E-state index in [1.54, 1.807) is 17.5 Å². The third-order valence-electron chi connectivity index (χ3n) is 1.54. The molecule has 0 spiro atoms.